The third kappa shape index (κ3) is 4.06. The van der Waals surface area contributed by atoms with Crippen LogP contribution < -0.4 is 0 Å². The Balaban J connectivity index is 1.54. The summed E-state index contributed by atoms with van der Waals surface area (Å²) in [6.07, 6.45) is 3.91. The predicted molar refractivity (Wildman–Crippen MR) is 111 cm³/mol. The van der Waals surface area contributed by atoms with E-state index in [9.17, 15) is 0 Å². The maximum atomic E-state index is 6.24. The minimum atomic E-state index is 0.428. The summed E-state index contributed by atoms with van der Waals surface area (Å²) in [6.45, 7) is 2.59. The van der Waals surface area contributed by atoms with Crippen molar-refractivity contribution in [2.45, 2.75) is 42.4 Å². The van der Waals surface area contributed by atoms with Crippen molar-refractivity contribution in [1.82, 2.24) is 24.7 Å². The Morgan fingerprint density at radius 1 is 1.14 bits per heavy atom. The quantitative estimate of drug-likeness (QED) is 0.388. The average Bonchev–Trinajstić information content (AvgIpc) is 3.30. The zero-order valence-corrected chi connectivity index (χ0v) is 17.3. The van der Waals surface area contributed by atoms with Gasteiger partial charge in [0.25, 0.3) is 0 Å². The Labute approximate surface area is 177 Å². The van der Waals surface area contributed by atoms with Crippen LogP contribution in [0.4, 0.5) is 0 Å². The molecular weight excluding hydrogens is 406 g/mol. The largest absolute Gasteiger partial charge is 0.467 e. The number of furan rings is 1. The van der Waals surface area contributed by atoms with Crippen molar-refractivity contribution in [2.24, 2.45) is 0 Å². The van der Waals surface area contributed by atoms with Gasteiger partial charge in [-0.15, -0.1) is 10.2 Å². The third-order valence-corrected chi connectivity index (χ3v) is 5.81. The lowest BCUT2D eigenvalue weighted by atomic mass is 10.1. The fraction of sp³-hybridized carbons (Fsp3) is 0.238. The normalized spacial score (nSPS) is 13.7. The Morgan fingerprint density at radius 3 is 2.79 bits per heavy atom. The van der Waals surface area contributed by atoms with Gasteiger partial charge in [-0.25, -0.2) is 9.97 Å². The fourth-order valence-corrected chi connectivity index (χ4v) is 4.24. The van der Waals surface area contributed by atoms with Crippen LogP contribution in [0.15, 0.2) is 63.3 Å². The highest BCUT2D eigenvalue weighted by Gasteiger charge is 2.27. The summed E-state index contributed by atoms with van der Waals surface area (Å²) in [5, 5.41) is 10.9. The Hall–Kier alpha value is -2.64. The zero-order valence-electron chi connectivity index (χ0n) is 15.7. The molecule has 0 amide bonds. The highest BCUT2D eigenvalue weighted by atomic mass is 35.5. The van der Waals surface area contributed by atoms with E-state index in [-0.39, 0.29) is 0 Å². The second-order valence-electron chi connectivity index (χ2n) is 7.10. The van der Waals surface area contributed by atoms with Gasteiger partial charge in [0.05, 0.1) is 12.8 Å². The number of halogens is 1. The molecule has 1 saturated carbocycles. The number of aromatic nitrogens is 5. The van der Waals surface area contributed by atoms with Crippen LogP contribution in [0.5, 0.6) is 0 Å². The topological polar surface area (TPSA) is 69.6 Å². The first kappa shape index (κ1) is 18.4. The maximum absolute atomic E-state index is 6.24. The lowest BCUT2D eigenvalue weighted by Crippen LogP contribution is -2.04. The molecule has 0 atom stereocenters. The number of benzene rings is 1. The molecule has 0 bridgehead atoms. The van der Waals surface area contributed by atoms with Crippen LogP contribution in [0, 0.1) is 6.92 Å². The summed E-state index contributed by atoms with van der Waals surface area (Å²) >= 11 is 7.68. The van der Waals surface area contributed by atoms with E-state index in [4.69, 9.17) is 16.0 Å². The predicted octanol–water partition coefficient (Wildman–Crippen LogP) is 5.37. The van der Waals surface area contributed by atoms with Gasteiger partial charge in [-0.05, 0) is 49.7 Å². The van der Waals surface area contributed by atoms with Crippen molar-refractivity contribution >= 4 is 23.4 Å². The monoisotopic (exact) mass is 423 g/mol. The number of nitrogens with zero attached hydrogens (tertiary/aromatic N) is 5. The van der Waals surface area contributed by atoms with Gasteiger partial charge in [0.1, 0.15) is 21.8 Å². The third-order valence-electron chi connectivity index (χ3n) is 4.71. The molecular formula is C21H18ClN5OS. The van der Waals surface area contributed by atoms with Crippen molar-refractivity contribution in [3.8, 4) is 11.4 Å². The standard InChI is InChI=1S/C21H18ClN5OS/c1-13-4-2-5-15(10-13)20-25-26-21(27(20)12-16-6-3-9-28-16)29-18-11-17(22)23-19(24-18)14-7-8-14/h2-6,9-11,14H,7-8,12H2,1H3. The van der Waals surface area contributed by atoms with E-state index in [0.717, 1.165) is 46.0 Å². The van der Waals surface area contributed by atoms with Gasteiger partial charge in [0.15, 0.2) is 11.0 Å². The van der Waals surface area contributed by atoms with E-state index < -0.39 is 0 Å². The smallest absolute Gasteiger partial charge is 0.198 e. The molecule has 1 aliphatic rings. The highest BCUT2D eigenvalue weighted by molar-refractivity contribution is 7.99. The van der Waals surface area contributed by atoms with Crippen molar-refractivity contribution in [3.63, 3.8) is 0 Å². The van der Waals surface area contributed by atoms with Gasteiger partial charge in [-0.2, -0.15) is 0 Å². The summed E-state index contributed by atoms with van der Waals surface area (Å²) in [6, 6.07) is 13.8. The molecule has 6 nitrogen and oxygen atoms in total. The molecule has 8 heteroatoms. The molecule has 0 aliphatic heterocycles. The lowest BCUT2D eigenvalue weighted by Gasteiger charge is -2.09. The number of hydrogen-bond acceptors (Lipinski definition) is 6. The van der Waals surface area contributed by atoms with E-state index in [1.807, 2.05) is 28.8 Å². The first-order chi connectivity index (χ1) is 14.2. The molecule has 3 aromatic heterocycles. The van der Waals surface area contributed by atoms with E-state index in [1.54, 1.807) is 12.3 Å². The lowest BCUT2D eigenvalue weighted by molar-refractivity contribution is 0.485. The van der Waals surface area contributed by atoms with Gasteiger partial charge in [-0.1, -0.05) is 35.4 Å². The molecule has 3 heterocycles. The second-order valence-corrected chi connectivity index (χ2v) is 8.48. The van der Waals surface area contributed by atoms with Crippen molar-refractivity contribution in [3.05, 3.63) is 71.0 Å². The number of rotatable bonds is 6. The van der Waals surface area contributed by atoms with E-state index in [1.165, 1.54) is 17.3 Å². The molecule has 1 aliphatic carbocycles. The Morgan fingerprint density at radius 2 is 2.03 bits per heavy atom. The Kier molecular flexibility index (Phi) is 4.85. The minimum absolute atomic E-state index is 0.428. The van der Waals surface area contributed by atoms with E-state index >= 15 is 0 Å². The summed E-state index contributed by atoms with van der Waals surface area (Å²) in [4.78, 5) is 9.05. The van der Waals surface area contributed by atoms with Crippen molar-refractivity contribution in [2.75, 3.05) is 0 Å². The molecule has 0 radical (unpaired) electrons. The molecule has 1 aromatic carbocycles. The molecule has 146 valence electrons. The average molecular weight is 424 g/mol. The second kappa shape index (κ2) is 7.65. The molecule has 0 saturated heterocycles. The zero-order chi connectivity index (χ0) is 19.8. The number of aryl methyl sites for hydroxylation is 1. The SMILES string of the molecule is Cc1cccc(-c2nnc(Sc3cc(Cl)nc(C4CC4)n3)n2Cc2ccco2)c1. The van der Waals surface area contributed by atoms with Gasteiger partial charge in [0.2, 0.25) is 0 Å². The first-order valence-electron chi connectivity index (χ1n) is 9.40. The molecule has 0 unspecified atom stereocenters. The van der Waals surface area contributed by atoms with Gasteiger partial charge in [-0.3, -0.25) is 4.57 Å². The van der Waals surface area contributed by atoms with Gasteiger partial charge >= 0.3 is 0 Å². The van der Waals surface area contributed by atoms with Crippen molar-refractivity contribution in [1.29, 1.82) is 0 Å². The fourth-order valence-electron chi connectivity index (χ4n) is 3.15. The van der Waals surface area contributed by atoms with Crippen LogP contribution in [0.3, 0.4) is 0 Å². The molecule has 0 N–H and O–H groups in total. The molecule has 0 spiro atoms. The van der Waals surface area contributed by atoms with E-state index in [2.05, 4.69) is 39.2 Å². The van der Waals surface area contributed by atoms with Crippen LogP contribution in [0.2, 0.25) is 5.15 Å². The van der Waals surface area contributed by atoms with Crippen LogP contribution in [0.25, 0.3) is 11.4 Å². The first-order valence-corrected chi connectivity index (χ1v) is 10.6. The van der Waals surface area contributed by atoms with Gasteiger partial charge < -0.3 is 4.42 Å². The Bertz CT molecular complexity index is 1150. The van der Waals surface area contributed by atoms with Crippen LogP contribution in [-0.4, -0.2) is 24.7 Å². The van der Waals surface area contributed by atoms with Crippen LogP contribution in [-0.2, 0) is 6.54 Å². The van der Waals surface area contributed by atoms with Gasteiger partial charge in [0, 0.05) is 17.5 Å². The summed E-state index contributed by atoms with van der Waals surface area (Å²) in [7, 11) is 0. The summed E-state index contributed by atoms with van der Waals surface area (Å²) in [5.74, 6) is 2.86. The molecule has 29 heavy (non-hydrogen) atoms. The van der Waals surface area contributed by atoms with E-state index in [0.29, 0.717) is 17.6 Å². The molecule has 4 aromatic rings. The molecule has 1 fully saturated rings. The van der Waals surface area contributed by atoms with Crippen LogP contribution in [0.1, 0.15) is 35.9 Å². The maximum Gasteiger partial charge on any atom is 0.198 e. The summed E-state index contributed by atoms with van der Waals surface area (Å²) in [5.41, 5.74) is 2.18. The van der Waals surface area contributed by atoms with Crippen molar-refractivity contribution < 1.29 is 4.42 Å². The summed E-state index contributed by atoms with van der Waals surface area (Å²) < 4.78 is 7.62. The van der Waals surface area contributed by atoms with Crippen LogP contribution >= 0.6 is 23.4 Å². The number of hydrogen-bond donors (Lipinski definition) is 0. The molecule has 5 rings (SSSR count). The highest BCUT2D eigenvalue weighted by Crippen LogP contribution is 2.39. The minimum Gasteiger partial charge on any atom is -0.467 e.